The van der Waals surface area contributed by atoms with Gasteiger partial charge in [-0.1, -0.05) is 54.6 Å². The molecule has 1 fully saturated rings. The summed E-state index contributed by atoms with van der Waals surface area (Å²) < 4.78 is 10.6. The number of carbonyl (C=O) groups is 3. The Morgan fingerprint density at radius 3 is 2.44 bits per heavy atom. The summed E-state index contributed by atoms with van der Waals surface area (Å²) in [4.78, 5) is 41.6. The van der Waals surface area contributed by atoms with Gasteiger partial charge >= 0.3 is 12.1 Å². The molecule has 4 N–H and O–H groups in total. The van der Waals surface area contributed by atoms with Crippen LogP contribution < -0.4 is 11.1 Å². The number of nitrogens with one attached hydrogen (secondary N) is 2. The van der Waals surface area contributed by atoms with Crippen LogP contribution in [0.25, 0.3) is 11.1 Å². The summed E-state index contributed by atoms with van der Waals surface area (Å²) in [6.45, 7) is 5.95. The number of esters is 1. The average Bonchev–Trinajstić information content (AvgIpc) is 3.47. The summed E-state index contributed by atoms with van der Waals surface area (Å²) in [6.07, 6.45) is 1.15. The van der Waals surface area contributed by atoms with Gasteiger partial charge in [-0.15, -0.1) is 0 Å². The van der Waals surface area contributed by atoms with Crippen LogP contribution in [0.1, 0.15) is 60.7 Å². The average molecular weight is 585 g/mol. The van der Waals surface area contributed by atoms with Crippen LogP contribution in [0.15, 0.2) is 72.8 Å². The second-order valence-electron chi connectivity index (χ2n) is 11.7. The van der Waals surface area contributed by atoms with E-state index in [1.807, 2.05) is 48.5 Å². The fraction of sp³-hybridized carbons (Fsp3) is 0.353. The van der Waals surface area contributed by atoms with Gasteiger partial charge < -0.3 is 25.4 Å². The van der Waals surface area contributed by atoms with Crippen LogP contribution in [-0.4, -0.2) is 54.0 Å². The number of nitrogens with zero attached hydrogens (tertiary/aromatic N) is 1. The van der Waals surface area contributed by atoms with Gasteiger partial charge in [0.05, 0.1) is 13.0 Å². The van der Waals surface area contributed by atoms with Gasteiger partial charge in [-0.2, -0.15) is 0 Å². The van der Waals surface area contributed by atoms with Crippen molar-refractivity contribution >= 4 is 23.8 Å². The predicted octanol–water partition coefficient (Wildman–Crippen LogP) is 5.30. The first-order chi connectivity index (χ1) is 20.5. The number of methoxy groups -OCH3 is 1. The fourth-order valence-electron chi connectivity index (χ4n) is 5.51. The molecule has 0 aromatic heterocycles. The summed E-state index contributed by atoms with van der Waals surface area (Å²) in [5.74, 6) is -1.27. The standard InChI is InChI=1S/C34H40N4O5/c1-34(2,3)43-33(41)37-21-26-20-24(23-11-6-5-7-12-23)15-16-27(26)31(39)38-17-9-14-29(38)28(32(40)42-4)19-22-10-8-13-25(18-22)30(35)36/h5-8,10-13,15-16,18,20,28-29H,9,14,17,19,21H2,1-4H3,(H3,35,36)(H,37,41). The second kappa shape index (κ2) is 13.5. The lowest BCUT2D eigenvalue weighted by atomic mass is 9.89. The van der Waals surface area contributed by atoms with Gasteiger partial charge in [0, 0.05) is 30.3 Å². The van der Waals surface area contributed by atoms with Crippen LogP contribution in [-0.2, 0) is 27.2 Å². The normalized spacial score (nSPS) is 15.4. The number of ether oxygens (including phenoxy) is 2. The summed E-state index contributed by atoms with van der Waals surface area (Å²) >= 11 is 0. The van der Waals surface area contributed by atoms with E-state index in [9.17, 15) is 14.4 Å². The maximum absolute atomic E-state index is 14.2. The maximum atomic E-state index is 14.2. The van der Waals surface area contributed by atoms with Crippen LogP contribution >= 0.6 is 0 Å². The largest absolute Gasteiger partial charge is 0.469 e. The maximum Gasteiger partial charge on any atom is 0.407 e. The molecule has 0 radical (unpaired) electrons. The topological polar surface area (TPSA) is 135 Å². The molecule has 1 saturated heterocycles. The third kappa shape index (κ3) is 8.00. The van der Waals surface area contributed by atoms with Crippen molar-refractivity contribution in [3.63, 3.8) is 0 Å². The van der Waals surface area contributed by atoms with Gasteiger partial charge in [-0.3, -0.25) is 15.0 Å². The molecule has 9 nitrogen and oxygen atoms in total. The molecule has 0 bridgehead atoms. The van der Waals surface area contributed by atoms with Crippen LogP contribution in [0.5, 0.6) is 0 Å². The number of hydrogen-bond acceptors (Lipinski definition) is 6. The highest BCUT2D eigenvalue weighted by Gasteiger charge is 2.40. The molecule has 1 aliphatic heterocycles. The van der Waals surface area contributed by atoms with Crippen LogP contribution in [0.4, 0.5) is 4.79 Å². The summed E-state index contributed by atoms with van der Waals surface area (Å²) in [5.41, 5.74) is 9.41. The van der Waals surface area contributed by atoms with Gasteiger partial charge in [-0.05, 0) is 80.5 Å². The Labute approximate surface area is 252 Å². The molecule has 3 aromatic carbocycles. The Hall–Kier alpha value is -4.66. The number of rotatable bonds is 9. The van der Waals surface area contributed by atoms with E-state index in [-0.39, 0.29) is 24.3 Å². The molecule has 4 rings (SSSR count). The third-order valence-electron chi connectivity index (χ3n) is 7.49. The Bertz CT molecular complexity index is 1480. The van der Waals surface area contributed by atoms with E-state index in [0.29, 0.717) is 36.1 Å². The first kappa shape index (κ1) is 31.3. The first-order valence-electron chi connectivity index (χ1n) is 14.4. The van der Waals surface area contributed by atoms with E-state index in [2.05, 4.69) is 5.32 Å². The molecule has 3 aromatic rings. The number of likely N-dealkylation sites (tertiary alicyclic amines) is 1. The third-order valence-corrected chi connectivity index (χ3v) is 7.49. The lowest BCUT2D eigenvalue weighted by molar-refractivity contribution is -0.147. The Morgan fingerprint density at radius 2 is 1.77 bits per heavy atom. The van der Waals surface area contributed by atoms with Gasteiger partial charge in [0.2, 0.25) is 0 Å². The molecule has 0 spiro atoms. The molecule has 1 heterocycles. The highest BCUT2D eigenvalue weighted by molar-refractivity contribution is 5.97. The first-order valence-corrected chi connectivity index (χ1v) is 14.4. The number of amidine groups is 1. The quantitative estimate of drug-likeness (QED) is 0.178. The van der Waals surface area contributed by atoms with Crippen molar-refractivity contribution in [2.45, 2.75) is 58.2 Å². The number of nitrogens with two attached hydrogens (primary N) is 1. The molecule has 2 amide bonds. The highest BCUT2D eigenvalue weighted by Crippen LogP contribution is 2.31. The Morgan fingerprint density at radius 1 is 1.02 bits per heavy atom. The van der Waals surface area contributed by atoms with Crippen molar-refractivity contribution in [2.75, 3.05) is 13.7 Å². The van der Waals surface area contributed by atoms with E-state index < -0.39 is 23.6 Å². The molecule has 2 atom stereocenters. The molecule has 43 heavy (non-hydrogen) atoms. The molecule has 9 heteroatoms. The lowest BCUT2D eigenvalue weighted by Gasteiger charge is -2.31. The van der Waals surface area contributed by atoms with Crippen LogP contribution in [0.2, 0.25) is 0 Å². The molecule has 0 aliphatic carbocycles. The Balaban J connectivity index is 1.65. The smallest absolute Gasteiger partial charge is 0.407 e. The van der Waals surface area contributed by atoms with Gasteiger partial charge in [0.1, 0.15) is 11.4 Å². The minimum absolute atomic E-state index is 0.0550. The molecule has 226 valence electrons. The van der Waals surface area contributed by atoms with E-state index in [4.69, 9.17) is 20.6 Å². The monoisotopic (exact) mass is 584 g/mol. The van der Waals surface area contributed by atoms with Crippen molar-refractivity contribution in [3.8, 4) is 11.1 Å². The zero-order chi connectivity index (χ0) is 31.1. The van der Waals surface area contributed by atoms with Gasteiger partial charge in [-0.25, -0.2) is 4.79 Å². The number of hydrogen-bond donors (Lipinski definition) is 3. The van der Waals surface area contributed by atoms with Crippen molar-refractivity contribution in [3.05, 3.63) is 95.1 Å². The minimum Gasteiger partial charge on any atom is -0.469 e. The van der Waals surface area contributed by atoms with Crippen molar-refractivity contribution in [2.24, 2.45) is 11.7 Å². The second-order valence-corrected chi connectivity index (χ2v) is 11.7. The highest BCUT2D eigenvalue weighted by atomic mass is 16.6. The van der Waals surface area contributed by atoms with Crippen molar-refractivity contribution in [1.82, 2.24) is 10.2 Å². The predicted molar refractivity (Wildman–Crippen MR) is 166 cm³/mol. The van der Waals surface area contributed by atoms with Gasteiger partial charge in [0.15, 0.2) is 0 Å². The van der Waals surface area contributed by atoms with E-state index in [0.717, 1.165) is 23.1 Å². The summed E-state index contributed by atoms with van der Waals surface area (Å²) in [7, 11) is 1.35. The zero-order valence-corrected chi connectivity index (χ0v) is 25.2. The summed E-state index contributed by atoms with van der Waals surface area (Å²) in [6, 6.07) is 22.2. The number of carbonyl (C=O) groups excluding carboxylic acids is 3. The van der Waals surface area contributed by atoms with Gasteiger partial charge in [0.25, 0.3) is 5.91 Å². The molecule has 0 saturated carbocycles. The lowest BCUT2D eigenvalue weighted by Crippen LogP contribution is -2.44. The fourth-order valence-corrected chi connectivity index (χ4v) is 5.51. The van der Waals surface area contributed by atoms with E-state index >= 15 is 0 Å². The molecular formula is C34H40N4O5. The Kier molecular flexibility index (Phi) is 9.85. The minimum atomic E-state index is -0.662. The molecular weight excluding hydrogens is 544 g/mol. The molecule has 2 unspecified atom stereocenters. The van der Waals surface area contributed by atoms with Crippen molar-refractivity contribution < 1.29 is 23.9 Å². The SMILES string of the molecule is COC(=O)C(Cc1cccc(C(=N)N)c1)C1CCCN1C(=O)c1ccc(-c2ccccc2)cc1CNC(=O)OC(C)(C)C. The number of alkyl carbamates (subject to hydrolysis) is 1. The van der Waals surface area contributed by atoms with Crippen LogP contribution in [0, 0.1) is 11.3 Å². The van der Waals surface area contributed by atoms with E-state index in [1.54, 1.807) is 49.9 Å². The number of benzene rings is 3. The van der Waals surface area contributed by atoms with Crippen molar-refractivity contribution in [1.29, 1.82) is 5.41 Å². The molecule has 1 aliphatic rings. The number of amides is 2. The van der Waals surface area contributed by atoms with E-state index in [1.165, 1.54) is 7.11 Å². The zero-order valence-electron chi connectivity index (χ0n) is 25.2. The van der Waals surface area contributed by atoms with Crippen LogP contribution in [0.3, 0.4) is 0 Å². The summed E-state index contributed by atoms with van der Waals surface area (Å²) in [5, 5.41) is 10.6. The number of nitrogen functional groups attached to an aromatic ring is 1.